The standard InChI is InChI=1S/C14H18N2O/c1-9-5-12(6-10(2)14(9)17)13(7-15)16-8-11-3-4-11/h5-6,11,13,16-17H,3-4,8H2,1-2H3. The van der Waals surface area contributed by atoms with Gasteiger partial charge >= 0.3 is 0 Å². The van der Waals surface area contributed by atoms with Crippen molar-refractivity contribution < 1.29 is 5.11 Å². The van der Waals surface area contributed by atoms with Crippen LogP contribution < -0.4 is 5.32 Å². The Bertz CT molecular complexity index is 435. The van der Waals surface area contributed by atoms with Crippen LogP contribution in [0.1, 0.15) is 35.6 Å². The Labute approximate surface area is 102 Å². The maximum Gasteiger partial charge on any atom is 0.121 e. The maximum absolute atomic E-state index is 9.71. The Hall–Kier alpha value is -1.53. The van der Waals surface area contributed by atoms with E-state index in [1.807, 2.05) is 26.0 Å². The third-order valence-electron chi connectivity index (χ3n) is 3.28. The molecule has 0 aliphatic heterocycles. The molecule has 1 aromatic rings. The summed E-state index contributed by atoms with van der Waals surface area (Å²) < 4.78 is 0. The van der Waals surface area contributed by atoms with Crippen molar-refractivity contribution in [1.29, 1.82) is 5.26 Å². The van der Waals surface area contributed by atoms with Gasteiger partial charge in [-0.3, -0.25) is 5.32 Å². The fourth-order valence-electron chi connectivity index (χ4n) is 2.00. The number of nitriles is 1. The summed E-state index contributed by atoms with van der Waals surface area (Å²) in [6.07, 6.45) is 2.55. The van der Waals surface area contributed by atoms with Crippen molar-refractivity contribution in [2.75, 3.05) is 6.54 Å². The fourth-order valence-corrected chi connectivity index (χ4v) is 2.00. The second-order valence-electron chi connectivity index (χ2n) is 4.92. The van der Waals surface area contributed by atoms with Crippen molar-refractivity contribution in [3.05, 3.63) is 28.8 Å². The van der Waals surface area contributed by atoms with Crippen LogP contribution in [0.15, 0.2) is 12.1 Å². The first-order valence-corrected chi connectivity index (χ1v) is 6.05. The normalized spacial score (nSPS) is 16.5. The second-order valence-corrected chi connectivity index (χ2v) is 4.92. The first-order chi connectivity index (χ1) is 8.11. The monoisotopic (exact) mass is 230 g/mol. The van der Waals surface area contributed by atoms with Crippen LogP contribution in [0.25, 0.3) is 0 Å². The van der Waals surface area contributed by atoms with Gasteiger partial charge in [0.2, 0.25) is 0 Å². The van der Waals surface area contributed by atoms with Crippen LogP contribution in [0.2, 0.25) is 0 Å². The molecular formula is C14H18N2O. The largest absolute Gasteiger partial charge is 0.507 e. The van der Waals surface area contributed by atoms with Gasteiger partial charge in [0.05, 0.1) is 6.07 Å². The highest BCUT2D eigenvalue weighted by Crippen LogP contribution is 2.30. The van der Waals surface area contributed by atoms with Crippen LogP contribution in [-0.2, 0) is 0 Å². The number of nitrogens with zero attached hydrogens (tertiary/aromatic N) is 1. The molecule has 1 aromatic carbocycles. The molecule has 90 valence electrons. The lowest BCUT2D eigenvalue weighted by Gasteiger charge is -2.14. The van der Waals surface area contributed by atoms with Crippen LogP contribution in [0.4, 0.5) is 0 Å². The first kappa shape index (κ1) is 11.9. The molecule has 1 saturated carbocycles. The third-order valence-corrected chi connectivity index (χ3v) is 3.28. The van der Waals surface area contributed by atoms with Gasteiger partial charge in [-0.2, -0.15) is 5.26 Å². The molecule has 0 aromatic heterocycles. The molecule has 1 atom stereocenters. The van der Waals surface area contributed by atoms with Crippen molar-refractivity contribution in [2.45, 2.75) is 32.7 Å². The van der Waals surface area contributed by atoms with Crippen LogP contribution in [0.5, 0.6) is 5.75 Å². The molecular weight excluding hydrogens is 212 g/mol. The smallest absolute Gasteiger partial charge is 0.121 e. The number of phenolic OH excluding ortho intramolecular Hbond substituents is 1. The van der Waals surface area contributed by atoms with E-state index in [1.165, 1.54) is 12.8 Å². The number of aryl methyl sites for hydroxylation is 2. The Morgan fingerprint density at radius 1 is 1.41 bits per heavy atom. The Morgan fingerprint density at radius 3 is 2.47 bits per heavy atom. The molecule has 0 spiro atoms. The number of aromatic hydroxyl groups is 1. The zero-order valence-corrected chi connectivity index (χ0v) is 10.3. The minimum absolute atomic E-state index is 0.270. The second kappa shape index (κ2) is 4.77. The quantitative estimate of drug-likeness (QED) is 0.835. The Kier molecular flexibility index (Phi) is 3.35. The lowest BCUT2D eigenvalue weighted by molar-refractivity contribution is 0.466. The average molecular weight is 230 g/mol. The first-order valence-electron chi connectivity index (χ1n) is 6.05. The van der Waals surface area contributed by atoms with Gasteiger partial charge in [0.25, 0.3) is 0 Å². The van der Waals surface area contributed by atoms with E-state index >= 15 is 0 Å². The summed E-state index contributed by atoms with van der Waals surface area (Å²) in [4.78, 5) is 0. The maximum atomic E-state index is 9.71. The van der Waals surface area contributed by atoms with E-state index < -0.39 is 0 Å². The molecule has 0 saturated heterocycles. The van der Waals surface area contributed by atoms with Crippen LogP contribution in [0.3, 0.4) is 0 Å². The van der Waals surface area contributed by atoms with E-state index in [0.29, 0.717) is 5.75 Å². The highest BCUT2D eigenvalue weighted by Gasteiger charge is 2.23. The van der Waals surface area contributed by atoms with Gasteiger partial charge in [-0.25, -0.2) is 0 Å². The van der Waals surface area contributed by atoms with Gasteiger partial charge in [-0.1, -0.05) is 0 Å². The minimum atomic E-state index is -0.270. The lowest BCUT2D eigenvalue weighted by atomic mass is 10.0. The van der Waals surface area contributed by atoms with Gasteiger partial charge in [-0.15, -0.1) is 0 Å². The SMILES string of the molecule is Cc1cc(C(C#N)NCC2CC2)cc(C)c1O. The van der Waals surface area contributed by atoms with Crippen molar-refractivity contribution >= 4 is 0 Å². The van der Waals surface area contributed by atoms with Gasteiger partial charge in [0.15, 0.2) is 0 Å². The molecule has 1 fully saturated rings. The van der Waals surface area contributed by atoms with Gasteiger partial charge < -0.3 is 5.11 Å². The molecule has 2 rings (SSSR count). The number of nitrogens with one attached hydrogen (secondary N) is 1. The van der Waals surface area contributed by atoms with Gasteiger partial charge in [0.1, 0.15) is 11.8 Å². The summed E-state index contributed by atoms with van der Waals surface area (Å²) in [6.45, 7) is 4.64. The third kappa shape index (κ3) is 2.78. The van der Waals surface area contributed by atoms with Crippen molar-refractivity contribution in [3.8, 4) is 11.8 Å². The van der Waals surface area contributed by atoms with Crippen molar-refractivity contribution in [2.24, 2.45) is 5.92 Å². The number of benzene rings is 1. The molecule has 3 heteroatoms. The molecule has 2 N–H and O–H groups in total. The highest BCUT2D eigenvalue weighted by atomic mass is 16.3. The van der Waals surface area contributed by atoms with E-state index in [0.717, 1.165) is 29.2 Å². The number of hydrogen-bond acceptors (Lipinski definition) is 3. The topological polar surface area (TPSA) is 56.0 Å². The fraction of sp³-hybridized carbons (Fsp3) is 0.500. The van der Waals surface area contributed by atoms with E-state index in [1.54, 1.807) is 0 Å². The lowest BCUT2D eigenvalue weighted by Crippen LogP contribution is -2.22. The predicted molar refractivity (Wildman–Crippen MR) is 66.7 cm³/mol. The molecule has 3 nitrogen and oxygen atoms in total. The van der Waals surface area contributed by atoms with Crippen LogP contribution in [-0.4, -0.2) is 11.7 Å². The van der Waals surface area contributed by atoms with E-state index in [9.17, 15) is 10.4 Å². The number of phenols is 1. The van der Waals surface area contributed by atoms with E-state index in [-0.39, 0.29) is 6.04 Å². The summed E-state index contributed by atoms with van der Waals surface area (Å²) in [5.74, 6) is 1.08. The zero-order chi connectivity index (χ0) is 12.4. The van der Waals surface area contributed by atoms with Gasteiger partial charge in [0, 0.05) is 0 Å². The molecule has 17 heavy (non-hydrogen) atoms. The summed E-state index contributed by atoms with van der Waals surface area (Å²) in [6, 6.07) is 5.78. The van der Waals surface area contributed by atoms with E-state index in [2.05, 4.69) is 11.4 Å². The van der Waals surface area contributed by atoms with Crippen LogP contribution in [0, 0.1) is 31.1 Å². The Balaban J connectivity index is 2.15. The predicted octanol–water partition coefficient (Wildman–Crippen LogP) is 2.57. The minimum Gasteiger partial charge on any atom is -0.507 e. The van der Waals surface area contributed by atoms with E-state index in [4.69, 9.17) is 0 Å². The Morgan fingerprint density at radius 2 is 2.00 bits per heavy atom. The molecule has 0 bridgehead atoms. The summed E-state index contributed by atoms with van der Waals surface area (Å²) in [5, 5.41) is 22.2. The zero-order valence-electron chi connectivity index (χ0n) is 10.3. The molecule has 0 radical (unpaired) electrons. The van der Waals surface area contributed by atoms with Crippen molar-refractivity contribution in [1.82, 2.24) is 5.32 Å². The average Bonchev–Trinajstić information content (AvgIpc) is 3.10. The highest BCUT2D eigenvalue weighted by molar-refractivity contribution is 5.44. The molecule has 0 amide bonds. The van der Waals surface area contributed by atoms with Crippen molar-refractivity contribution in [3.63, 3.8) is 0 Å². The summed E-state index contributed by atoms with van der Waals surface area (Å²) in [7, 11) is 0. The molecule has 1 unspecified atom stereocenters. The summed E-state index contributed by atoms with van der Waals surface area (Å²) >= 11 is 0. The van der Waals surface area contributed by atoms with Gasteiger partial charge in [-0.05, 0) is 68.0 Å². The number of rotatable bonds is 4. The molecule has 1 aliphatic rings. The molecule has 1 aliphatic carbocycles. The summed E-state index contributed by atoms with van der Waals surface area (Å²) in [5.41, 5.74) is 2.60. The number of hydrogen-bond donors (Lipinski definition) is 2. The molecule has 0 heterocycles. The van der Waals surface area contributed by atoms with Crippen LogP contribution >= 0.6 is 0 Å².